The molecule has 0 saturated carbocycles. The van der Waals surface area contributed by atoms with Crippen LogP contribution in [0.4, 0.5) is 10.5 Å². The fourth-order valence-electron chi connectivity index (χ4n) is 4.43. The van der Waals surface area contributed by atoms with Crippen LogP contribution in [0.15, 0.2) is 54.6 Å². The minimum Gasteiger partial charge on any atom is -0.312 e. The first-order valence-electron chi connectivity index (χ1n) is 10.5. The summed E-state index contributed by atoms with van der Waals surface area (Å²) in [6, 6.07) is 18.5. The quantitative estimate of drug-likeness (QED) is 0.539. The third-order valence-electron chi connectivity index (χ3n) is 5.88. The maximum absolute atomic E-state index is 13.4. The normalized spacial score (nSPS) is 15.8. The van der Waals surface area contributed by atoms with Gasteiger partial charge in [-0.1, -0.05) is 62.4 Å². The molecule has 0 spiro atoms. The van der Waals surface area contributed by atoms with E-state index in [4.69, 9.17) is 0 Å². The van der Waals surface area contributed by atoms with Crippen molar-refractivity contribution in [2.24, 2.45) is 0 Å². The van der Waals surface area contributed by atoms with Gasteiger partial charge in [0.15, 0.2) is 0 Å². The van der Waals surface area contributed by atoms with Crippen LogP contribution in [0.25, 0.3) is 0 Å². The molecule has 0 radical (unpaired) electrons. The van der Waals surface area contributed by atoms with Crippen molar-refractivity contribution in [3.05, 3.63) is 86.6 Å². The van der Waals surface area contributed by atoms with Gasteiger partial charge in [0, 0.05) is 22.0 Å². The summed E-state index contributed by atoms with van der Waals surface area (Å²) < 4.78 is 0. The van der Waals surface area contributed by atoms with Crippen molar-refractivity contribution in [2.75, 3.05) is 11.9 Å². The Morgan fingerprint density at radius 2 is 1.79 bits per heavy atom. The number of rotatable bonds is 4. The Morgan fingerprint density at radius 1 is 1.07 bits per heavy atom. The van der Waals surface area contributed by atoms with Crippen LogP contribution in [-0.4, -0.2) is 17.5 Å². The number of aryl methyl sites for hydroxylation is 2. The highest BCUT2D eigenvalue weighted by atomic mass is 32.1. The van der Waals surface area contributed by atoms with Gasteiger partial charge in [0.2, 0.25) is 0 Å². The lowest BCUT2D eigenvalue weighted by molar-refractivity contribution is 0.195. The summed E-state index contributed by atoms with van der Waals surface area (Å²) in [4.78, 5) is 18.1. The van der Waals surface area contributed by atoms with E-state index in [1.54, 1.807) is 0 Å². The Labute approximate surface area is 177 Å². The summed E-state index contributed by atoms with van der Waals surface area (Å²) in [5, 5.41) is 3.19. The number of amides is 2. The number of anilines is 1. The predicted octanol–water partition coefficient (Wildman–Crippen LogP) is 6.36. The van der Waals surface area contributed by atoms with Crippen molar-refractivity contribution < 1.29 is 4.79 Å². The maximum Gasteiger partial charge on any atom is 0.322 e. The Kier molecular flexibility index (Phi) is 5.72. The van der Waals surface area contributed by atoms with Crippen LogP contribution < -0.4 is 5.32 Å². The number of para-hydroxylation sites is 1. The summed E-state index contributed by atoms with van der Waals surface area (Å²) >= 11 is 1.86. The molecule has 1 N–H and O–H groups in total. The number of carbonyl (C=O) groups excluding carboxylic acids is 1. The van der Waals surface area contributed by atoms with Crippen LogP contribution in [0.3, 0.4) is 0 Å². The molecule has 1 atom stereocenters. The fourth-order valence-corrected chi connectivity index (χ4v) is 5.88. The fraction of sp³-hybridized carbons (Fsp3) is 0.320. The van der Waals surface area contributed by atoms with Crippen molar-refractivity contribution in [2.45, 2.75) is 46.1 Å². The van der Waals surface area contributed by atoms with E-state index in [9.17, 15) is 4.79 Å². The van der Waals surface area contributed by atoms with Crippen LogP contribution >= 0.6 is 11.3 Å². The third-order valence-corrected chi connectivity index (χ3v) is 7.12. The van der Waals surface area contributed by atoms with Crippen molar-refractivity contribution in [1.82, 2.24) is 4.90 Å². The Balaban J connectivity index is 1.73. The van der Waals surface area contributed by atoms with Gasteiger partial charge in [0.05, 0.1) is 6.04 Å². The van der Waals surface area contributed by atoms with Gasteiger partial charge in [0.1, 0.15) is 0 Å². The second kappa shape index (κ2) is 8.42. The van der Waals surface area contributed by atoms with Crippen LogP contribution in [0.5, 0.6) is 0 Å². The number of thiophene rings is 1. The van der Waals surface area contributed by atoms with E-state index in [1.807, 2.05) is 40.5 Å². The highest BCUT2D eigenvalue weighted by Gasteiger charge is 2.35. The van der Waals surface area contributed by atoms with E-state index in [2.05, 4.69) is 56.4 Å². The van der Waals surface area contributed by atoms with Gasteiger partial charge < -0.3 is 10.2 Å². The summed E-state index contributed by atoms with van der Waals surface area (Å²) in [7, 11) is 0. The van der Waals surface area contributed by atoms with Gasteiger partial charge in [0.25, 0.3) is 0 Å². The molecule has 2 amide bonds. The molecular weight excluding hydrogens is 376 g/mol. The predicted molar refractivity (Wildman–Crippen MR) is 122 cm³/mol. The van der Waals surface area contributed by atoms with Crippen LogP contribution in [0.1, 0.15) is 51.9 Å². The molecule has 1 unspecified atom stereocenters. The molecule has 1 aliphatic heterocycles. The topological polar surface area (TPSA) is 32.3 Å². The number of urea groups is 1. The molecule has 1 aromatic heterocycles. The van der Waals surface area contributed by atoms with Gasteiger partial charge in [-0.25, -0.2) is 4.79 Å². The maximum atomic E-state index is 13.4. The summed E-state index contributed by atoms with van der Waals surface area (Å²) in [5.74, 6) is 0. The van der Waals surface area contributed by atoms with Crippen LogP contribution in [-0.2, 0) is 19.3 Å². The molecule has 2 aromatic carbocycles. The molecular formula is C25H28N2OS. The van der Waals surface area contributed by atoms with E-state index in [0.717, 1.165) is 37.1 Å². The summed E-state index contributed by atoms with van der Waals surface area (Å²) in [6.45, 7) is 7.29. The molecule has 3 aromatic rings. The molecule has 4 rings (SSSR count). The minimum absolute atomic E-state index is 0.0190. The van der Waals surface area contributed by atoms with E-state index in [-0.39, 0.29) is 12.1 Å². The molecule has 0 saturated heterocycles. The smallest absolute Gasteiger partial charge is 0.312 e. The first kappa shape index (κ1) is 19.7. The lowest BCUT2D eigenvalue weighted by Crippen LogP contribution is -2.42. The van der Waals surface area contributed by atoms with Gasteiger partial charge >= 0.3 is 6.03 Å². The molecule has 1 aliphatic rings. The second-order valence-corrected chi connectivity index (χ2v) is 8.79. The number of benzene rings is 2. The third kappa shape index (κ3) is 3.69. The van der Waals surface area contributed by atoms with Gasteiger partial charge in [-0.15, -0.1) is 11.3 Å². The minimum atomic E-state index is -0.0299. The number of nitrogens with zero attached hydrogens (tertiary/aromatic N) is 1. The molecule has 0 bridgehead atoms. The number of hydrogen-bond donors (Lipinski definition) is 1. The monoisotopic (exact) mass is 404 g/mol. The first-order chi connectivity index (χ1) is 14.1. The zero-order valence-electron chi connectivity index (χ0n) is 17.4. The Hall–Kier alpha value is -2.59. The summed E-state index contributed by atoms with van der Waals surface area (Å²) in [5.41, 5.74) is 6.18. The zero-order chi connectivity index (χ0) is 20.4. The van der Waals surface area contributed by atoms with Crippen molar-refractivity contribution in [1.29, 1.82) is 0 Å². The first-order valence-corrected chi connectivity index (χ1v) is 11.3. The Bertz CT molecular complexity index is 1010. The molecule has 150 valence electrons. The second-order valence-electron chi connectivity index (χ2n) is 7.53. The number of fused-ring (bicyclic) bond motifs is 1. The Morgan fingerprint density at radius 3 is 2.52 bits per heavy atom. The molecule has 0 aliphatic carbocycles. The number of nitrogens with one attached hydrogen (secondary N) is 1. The van der Waals surface area contributed by atoms with Gasteiger partial charge in [-0.3, -0.25) is 0 Å². The van der Waals surface area contributed by atoms with Gasteiger partial charge in [-0.2, -0.15) is 0 Å². The molecule has 3 nitrogen and oxygen atoms in total. The molecule has 29 heavy (non-hydrogen) atoms. The molecule has 4 heteroatoms. The average molecular weight is 405 g/mol. The summed E-state index contributed by atoms with van der Waals surface area (Å²) in [6.07, 6.45) is 2.87. The highest BCUT2D eigenvalue weighted by molar-refractivity contribution is 7.12. The van der Waals surface area contributed by atoms with Gasteiger partial charge in [-0.05, 0) is 54.5 Å². The van der Waals surface area contributed by atoms with E-state index >= 15 is 0 Å². The number of carbonyl (C=O) groups is 1. The van der Waals surface area contributed by atoms with Crippen molar-refractivity contribution >= 4 is 23.1 Å². The lowest BCUT2D eigenvalue weighted by Gasteiger charge is -2.36. The van der Waals surface area contributed by atoms with E-state index < -0.39 is 0 Å². The van der Waals surface area contributed by atoms with Crippen LogP contribution in [0.2, 0.25) is 0 Å². The molecule has 2 heterocycles. The standard InChI is InChI=1S/C25H28N2OS/c1-4-18-11-9-10-14-22(18)26-25(28)27-16-15-21-20(5-2)17(3)29-24(21)23(27)19-12-7-6-8-13-19/h6-14,23H,4-5,15-16H2,1-3H3,(H,26,28). The molecule has 0 fully saturated rings. The SMILES string of the molecule is CCc1ccccc1NC(=O)N1CCc2c(sc(C)c2CC)C1c1ccccc1. The lowest BCUT2D eigenvalue weighted by atomic mass is 9.92. The average Bonchev–Trinajstić information content (AvgIpc) is 3.08. The van der Waals surface area contributed by atoms with Crippen molar-refractivity contribution in [3.63, 3.8) is 0 Å². The van der Waals surface area contributed by atoms with Crippen molar-refractivity contribution in [3.8, 4) is 0 Å². The van der Waals surface area contributed by atoms with E-state index in [1.165, 1.54) is 26.4 Å². The van der Waals surface area contributed by atoms with E-state index in [0.29, 0.717) is 0 Å². The largest absolute Gasteiger partial charge is 0.322 e. The van der Waals surface area contributed by atoms with Crippen LogP contribution in [0, 0.1) is 6.92 Å². The number of hydrogen-bond acceptors (Lipinski definition) is 2. The highest BCUT2D eigenvalue weighted by Crippen LogP contribution is 2.43. The zero-order valence-corrected chi connectivity index (χ0v) is 18.2.